The average Bonchev–Trinajstić information content (AvgIpc) is 2.87. The summed E-state index contributed by atoms with van der Waals surface area (Å²) >= 11 is 0. The van der Waals surface area contributed by atoms with Crippen molar-refractivity contribution in [2.45, 2.75) is 12.0 Å². The minimum atomic E-state index is -0.399. The van der Waals surface area contributed by atoms with E-state index in [1.165, 1.54) is 7.11 Å². The van der Waals surface area contributed by atoms with Crippen LogP contribution in [0, 0.1) is 0 Å². The van der Waals surface area contributed by atoms with Crippen molar-refractivity contribution in [1.29, 1.82) is 0 Å². The summed E-state index contributed by atoms with van der Waals surface area (Å²) in [5.74, 6) is 0.0918. The fourth-order valence-electron chi connectivity index (χ4n) is 2.49. The van der Waals surface area contributed by atoms with Gasteiger partial charge in [-0.25, -0.2) is 0 Å². The van der Waals surface area contributed by atoms with Gasteiger partial charge in [-0.15, -0.1) is 0 Å². The number of fused-ring (bicyclic) bond motifs is 1. The highest BCUT2D eigenvalue weighted by atomic mass is 16.5. The molecule has 0 saturated heterocycles. The van der Waals surface area contributed by atoms with Crippen LogP contribution in [0.5, 0.6) is 5.75 Å². The molecule has 0 aromatic heterocycles. The molecule has 1 aliphatic rings. The van der Waals surface area contributed by atoms with Crippen LogP contribution in [0.2, 0.25) is 0 Å². The van der Waals surface area contributed by atoms with Gasteiger partial charge in [-0.1, -0.05) is 48.5 Å². The van der Waals surface area contributed by atoms with Gasteiger partial charge in [-0.2, -0.15) is 0 Å². The normalized spacial score (nSPS) is 20.5. The monoisotopic (exact) mass is 254 g/mol. The third-order valence-electron chi connectivity index (χ3n) is 3.39. The van der Waals surface area contributed by atoms with Gasteiger partial charge in [0, 0.05) is 5.56 Å². The van der Waals surface area contributed by atoms with Crippen molar-refractivity contribution >= 4 is 5.97 Å². The Bertz CT molecular complexity index is 592. The summed E-state index contributed by atoms with van der Waals surface area (Å²) in [6, 6.07) is 17.4. The molecule has 0 spiro atoms. The van der Waals surface area contributed by atoms with Gasteiger partial charge >= 0.3 is 5.97 Å². The summed E-state index contributed by atoms with van der Waals surface area (Å²) in [4.78, 5) is 12.1. The summed E-state index contributed by atoms with van der Waals surface area (Å²) in [5.41, 5.74) is 1.87. The van der Waals surface area contributed by atoms with Gasteiger partial charge in [0.15, 0.2) is 0 Å². The molecule has 2 aromatic carbocycles. The molecular formula is C16H14O3. The van der Waals surface area contributed by atoms with E-state index >= 15 is 0 Å². The number of ether oxygens (including phenoxy) is 2. The van der Waals surface area contributed by atoms with E-state index in [4.69, 9.17) is 9.47 Å². The van der Waals surface area contributed by atoms with E-state index in [0.717, 1.165) is 16.9 Å². The van der Waals surface area contributed by atoms with Crippen molar-refractivity contribution < 1.29 is 14.3 Å². The predicted molar refractivity (Wildman–Crippen MR) is 71.0 cm³/mol. The topological polar surface area (TPSA) is 35.5 Å². The number of methoxy groups -OCH3 is 1. The first-order chi connectivity index (χ1) is 9.31. The van der Waals surface area contributed by atoms with Crippen molar-refractivity contribution in [2.75, 3.05) is 7.11 Å². The van der Waals surface area contributed by atoms with E-state index in [9.17, 15) is 4.79 Å². The average molecular weight is 254 g/mol. The second-order valence-corrected chi connectivity index (χ2v) is 4.49. The first-order valence-corrected chi connectivity index (χ1v) is 6.19. The van der Waals surface area contributed by atoms with Crippen molar-refractivity contribution in [3.63, 3.8) is 0 Å². The Labute approximate surface area is 111 Å². The largest absolute Gasteiger partial charge is 0.484 e. The van der Waals surface area contributed by atoms with Crippen LogP contribution < -0.4 is 4.74 Å². The maximum absolute atomic E-state index is 12.1. The number of hydrogen-bond donors (Lipinski definition) is 0. The summed E-state index contributed by atoms with van der Waals surface area (Å²) in [7, 11) is 1.41. The molecular weight excluding hydrogens is 240 g/mol. The Morgan fingerprint density at radius 2 is 1.74 bits per heavy atom. The van der Waals surface area contributed by atoms with E-state index in [1.807, 2.05) is 54.6 Å². The summed E-state index contributed by atoms with van der Waals surface area (Å²) in [6.45, 7) is 0. The molecule has 2 atom stereocenters. The molecule has 2 unspecified atom stereocenters. The molecule has 0 aliphatic carbocycles. The van der Waals surface area contributed by atoms with E-state index in [-0.39, 0.29) is 12.1 Å². The number of carbonyl (C=O) groups excluding carboxylic acids is 1. The Hall–Kier alpha value is -2.29. The molecule has 1 heterocycles. The van der Waals surface area contributed by atoms with Crippen molar-refractivity contribution in [3.05, 3.63) is 65.7 Å². The van der Waals surface area contributed by atoms with Crippen LogP contribution in [0.25, 0.3) is 0 Å². The van der Waals surface area contributed by atoms with Gasteiger partial charge in [0.25, 0.3) is 0 Å². The second kappa shape index (κ2) is 4.76. The quantitative estimate of drug-likeness (QED) is 0.773. The standard InChI is InChI=1S/C16H14O3/c1-18-16(17)14-12-9-5-6-10-13(12)19-15(14)11-7-3-2-4-8-11/h2-10,14-15H,1H3. The SMILES string of the molecule is COC(=O)C1c2ccccc2OC1c1ccccc1. The Balaban J connectivity index is 2.05. The van der Waals surface area contributed by atoms with Crippen LogP contribution in [0.1, 0.15) is 23.1 Å². The Kier molecular flexibility index (Phi) is 2.95. The number of rotatable bonds is 2. The lowest BCUT2D eigenvalue weighted by Crippen LogP contribution is -2.20. The molecule has 3 nitrogen and oxygen atoms in total. The molecule has 0 N–H and O–H groups in total. The zero-order valence-electron chi connectivity index (χ0n) is 10.6. The zero-order valence-corrected chi connectivity index (χ0v) is 10.6. The fourth-order valence-corrected chi connectivity index (χ4v) is 2.49. The van der Waals surface area contributed by atoms with E-state index in [1.54, 1.807) is 0 Å². The summed E-state index contributed by atoms with van der Waals surface area (Å²) < 4.78 is 10.9. The number of carbonyl (C=O) groups is 1. The van der Waals surface area contributed by atoms with Crippen LogP contribution >= 0.6 is 0 Å². The maximum atomic E-state index is 12.1. The first kappa shape index (κ1) is 11.8. The number of benzene rings is 2. The number of hydrogen-bond acceptors (Lipinski definition) is 3. The molecule has 3 heteroatoms. The Morgan fingerprint density at radius 3 is 2.47 bits per heavy atom. The van der Waals surface area contributed by atoms with Crippen LogP contribution in [-0.4, -0.2) is 13.1 Å². The van der Waals surface area contributed by atoms with Gasteiger partial charge in [0.05, 0.1) is 7.11 Å². The van der Waals surface area contributed by atoms with Crippen LogP contribution in [0.15, 0.2) is 54.6 Å². The minimum absolute atomic E-state index is 0.265. The van der Waals surface area contributed by atoms with E-state index < -0.39 is 5.92 Å². The molecule has 1 aliphatic heterocycles. The van der Waals surface area contributed by atoms with Crippen LogP contribution in [-0.2, 0) is 9.53 Å². The summed E-state index contributed by atoms with van der Waals surface area (Å²) in [5, 5.41) is 0. The minimum Gasteiger partial charge on any atom is -0.484 e. The summed E-state index contributed by atoms with van der Waals surface area (Å²) in [6.07, 6.45) is -0.314. The lowest BCUT2D eigenvalue weighted by molar-refractivity contribution is -0.144. The fraction of sp³-hybridized carbons (Fsp3) is 0.188. The van der Waals surface area contributed by atoms with Gasteiger partial charge < -0.3 is 9.47 Å². The molecule has 0 saturated carbocycles. The maximum Gasteiger partial charge on any atom is 0.317 e. The molecule has 0 amide bonds. The second-order valence-electron chi connectivity index (χ2n) is 4.49. The molecule has 0 fully saturated rings. The Morgan fingerprint density at radius 1 is 1.05 bits per heavy atom. The van der Waals surface area contributed by atoms with Crippen LogP contribution in [0.3, 0.4) is 0 Å². The molecule has 3 rings (SSSR count). The van der Waals surface area contributed by atoms with Crippen molar-refractivity contribution in [2.24, 2.45) is 0 Å². The van der Waals surface area contributed by atoms with E-state index in [0.29, 0.717) is 0 Å². The van der Waals surface area contributed by atoms with Gasteiger partial charge in [0.1, 0.15) is 17.8 Å². The molecule has 0 radical (unpaired) electrons. The highest BCUT2D eigenvalue weighted by Crippen LogP contribution is 2.46. The zero-order chi connectivity index (χ0) is 13.2. The first-order valence-electron chi connectivity index (χ1n) is 6.19. The number of esters is 1. The van der Waals surface area contributed by atoms with Crippen LogP contribution in [0.4, 0.5) is 0 Å². The van der Waals surface area contributed by atoms with Gasteiger partial charge in [-0.3, -0.25) is 4.79 Å². The smallest absolute Gasteiger partial charge is 0.317 e. The lowest BCUT2D eigenvalue weighted by Gasteiger charge is -2.17. The number of para-hydroxylation sites is 1. The predicted octanol–water partition coefficient (Wildman–Crippen LogP) is 3.08. The third-order valence-corrected chi connectivity index (χ3v) is 3.39. The van der Waals surface area contributed by atoms with Crippen molar-refractivity contribution in [3.8, 4) is 5.75 Å². The molecule has 96 valence electrons. The molecule has 19 heavy (non-hydrogen) atoms. The van der Waals surface area contributed by atoms with E-state index in [2.05, 4.69) is 0 Å². The van der Waals surface area contributed by atoms with Crippen molar-refractivity contribution in [1.82, 2.24) is 0 Å². The molecule has 2 aromatic rings. The van der Waals surface area contributed by atoms with Gasteiger partial charge in [-0.05, 0) is 11.6 Å². The highest BCUT2D eigenvalue weighted by molar-refractivity contribution is 5.81. The highest BCUT2D eigenvalue weighted by Gasteiger charge is 2.40. The molecule has 0 bridgehead atoms. The van der Waals surface area contributed by atoms with Gasteiger partial charge in [0.2, 0.25) is 0 Å². The lowest BCUT2D eigenvalue weighted by atomic mass is 9.91. The third kappa shape index (κ3) is 1.97.